The van der Waals surface area contributed by atoms with E-state index in [0.29, 0.717) is 0 Å². The van der Waals surface area contributed by atoms with Gasteiger partial charge in [-0.3, -0.25) is 0 Å². The van der Waals surface area contributed by atoms with Crippen LogP contribution in [0.1, 0.15) is 5.56 Å². The molecule has 1 aromatic carbocycles. The smallest absolute Gasteiger partial charge is 0.429 e. The maximum atomic E-state index is 13.4. The molecule has 0 radical (unpaired) electrons. The van der Waals surface area contributed by atoms with Gasteiger partial charge in [0.1, 0.15) is 5.82 Å². The van der Waals surface area contributed by atoms with E-state index in [4.69, 9.17) is 0 Å². The van der Waals surface area contributed by atoms with Crippen LogP contribution < -0.4 is 4.18 Å². The lowest BCUT2D eigenvalue weighted by Gasteiger charge is -2.13. The molecule has 0 N–H and O–H groups in total. The minimum atomic E-state index is -4.63. The predicted octanol–water partition coefficient (Wildman–Crippen LogP) is 0.633. The highest BCUT2D eigenvalue weighted by molar-refractivity contribution is 7.86. The van der Waals surface area contributed by atoms with Gasteiger partial charge >= 0.3 is 22.2 Å². The molecule has 0 saturated carbocycles. The number of carbonyl (C=O) groups excluding carboxylic acids is 2. The van der Waals surface area contributed by atoms with E-state index >= 15 is 0 Å². The maximum Gasteiger partial charge on any atom is 0.429 e. The summed E-state index contributed by atoms with van der Waals surface area (Å²) in [6.07, 6.45) is 1.02. The van der Waals surface area contributed by atoms with Crippen molar-refractivity contribution in [2.75, 3.05) is 14.2 Å². The molecule has 0 atom stereocenters. The van der Waals surface area contributed by atoms with E-state index < -0.39 is 39.3 Å². The molecule has 8 nitrogen and oxygen atoms in total. The SMILES string of the molecule is COC(=O)C1=C/c2cc(F)ccc2OS(=O)(=O)/N=C\1C(=O)OC. The molecule has 0 aromatic heterocycles. The Hall–Kier alpha value is -2.75. The first-order valence-electron chi connectivity index (χ1n) is 6.00. The quantitative estimate of drug-likeness (QED) is 0.725. The average Bonchev–Trinajstić information content (AvgIpc) is 2.50. The van der Waals surface area contributed by atoms with Crippen LogP contribution in [0, 0.1) is 5.82 Å². The Morgan fingerprint density at radius 2 is 1.83 bits per heavy atom. The normalized spacial score (nSPS) is 20.3. The molecule has 1 aromatic rings. The Bertz CT molecular complexity index is 842. The minimum Gasteiger partial charge on any atom is -0.465 e. The van der Waals surface area contributed by atoms with Gasteiger partial charge in [0.15, 0.2) is 11.5 Å². The Morgan fingerprint density at radius 3 is 2.43 bits per heavy atom. The number of esters is 2. The number of ether oxygens (including phenoxy) is 2. The van der Waals surface area contributed by atoms with Crippen LogP contribution in [0.3, 0.4) is 0 Å². The summed E-state index contributed by atoms with van der Waals surface area (Å²) in [7, 11) is -2.64. The zero-order valence-electron chi connectivity index (χ0n) is 11.9. The van der Waals surface area contributed by atoms with E-state index in [2.05, 4.69) is 18.1 Å². The topological polar surface area (TPSA) is 108 Å². The molecule has 1 aliphatic heterocycles. The number of hydrogen-bond acceptors (Lipinski definition) is 7. The Morgan fingerprint density at radius 1 is 1.17 bits per heavy atom. The Kier molecular flexibility index (Phi) is 4.45. The van der Waals surface area contributed by atoms with Crippen molar-refractivity contribution in [2.45, 2.75) is 0 Å². The molecule has 0 saturated heterocycles. The highest BCUT2D eigenvalue weighted by Crippen LogP contribution is 2.27. The molecule has 0 aliphatic carbocycles. The number of nitrogens with zero attached hydrogens (tertiary/aromatic N) is 1. The first-order valence-corrected chi connectivity index (χ1v) is 7.36. The highest BCUT2D eigenvalue weighted by Gasteiger charge is 2.30. The van der Waals surface area contributed by atoms with Crippen LogP contribution in [0.2, 0.25) is 0 Å². The molecule has 1 aliphatic rings. The number of rotatable bonds is 2. The van der Waals surface area contributed by atoms with Crippen LogP contribution in [-0.2, 0) is 29.4 Å². The summed E-state index contributed by atoms with van der Waals surface area (Å²) in [5.74, 6) is -3.22. The lowest BCUT2D eigenvalue weighted by molar-refractivity contribution is -0.137. The van der Waals surface area contributed by atoms with Crippen molar-refractivity contribution in [3.8, 4) is 5.75 Å². The molecule has 0 bridgehead atoms. The number of fused-ring (bicyclic) bond motifs is 1. The van der Waals surface area contributed by atoms with Gasteiger partial charge in [-0.15, -0.1) is 4.40 Å². The molecule has 2 rings (SSSR count). The van der Waals surface area contributed by atoms with Crippen molar-refractivity contribution in [1.82, 2.24) is 0 Å². The van der Waals surface area contributed by atoms with Crippen molar-refractivity contribution >= 4 is 34.0 Å². The summed E-state index contributed by atoms with van der Waals surface area (Å²) >= 11 is 0. The van der Waals surface area contributed by atoms with E-state index in [-0.39, 0.29) is 11.3 Å². The number of hydrogen-bond donors (Lipinski definition) is 0. The van der Waals surface area contributed by atoms with Gasteiger partial charge in [-0.1, -0.05) is 0 Å². The minimum absolute atomic E-state index is 0.0923. The summed E-state index contributed by atoms with van der Waals surface area (Å²) < 4.78 is 53.8. The number of methoxy groups -OCH3 is 2. The molecular weight excluding hydrogens is 333 g/mol. The van der Waals surface area contributed by atoms with E-state index in [1.807, 2.05) is 0 Å². The molecule has 1 heterocycles. The average molecular weight is 343 g/mol. The standard InChI is InChI=1S/C13H10FNO7S/c1-20-12(16)9-6-7-5-8(14)3-4-10(7)22-23(18,19)15-11(9)13(17)21-2/h3-6H,1-2H3/b9-6+,15-11+. The summed E-state index contributed by atoms with van der Waals surface area (Å²) in [6.45, 7) is 0. The van der Waals surface area contributed by atoms with Gasteiger partial charge in [-0.2, -0.15) is 8.42 Å². The molecular formula is C13H10FNO7S. The van der Waals surface area contributed by atoms with Crippen LogP contribution in [0.4, 0.5) is 4.39 Å². The van der Waals surface area contributed by atoms with Crippen molar-refractivity contribution in [1.29, 1.82) is 0 Å². The summed E-state index contributed by atoms with van der Waals surface area (Å²) in [4.78, 5) is 23.6. The van der Waals surface area contributed by atoms with E-state index in [1.54, 1.807) is 0 Å². The second-order valence-corrected chi connectivity index (χ2v) is 5.38. The van der Waals surface area contributed by atoms with E-state index in [9.17, 15) is 22.4 Å². The van der Waals surface area contributed by atoms with E-state index in [0.717, 1.165) is 38.5 Å². The fraction of sp³-hybridized carbons (Fsp3) is 0.154. The first kappa shape index (κ1) is 16.6. The van der Waals surface area contributed by atoms with E-state index in [1.165, 1.54) is 0 Å². The summed E-state index contributed by atoms with van der Waals surface area (Å²) in [5.41, 5.74) is -1.45. The van der Waals surface area contributed by atoms with Crippen molar-refractivity contribution in [3.05, 3.63) is 35.2 Å². The van der Waals surface area contributed by atoms with Gasteiger partial charge in [-0.05, 0) is 24.3 Å². The molecule has 0 amide bonds. The first-order chi connectivity index (χ1) is 10.8. The van der Waals surface area contributed by atoms with Crippen LogP contribution in [0.25, 0.3) is 6.08 Å². The number of benzene rings is 1. The van der Waals surface area contributed by atoms with Gasteiger partial charge in [0, 0.05) is 5.56 Å². The zero-order valence-corrected chi connectivity index (χ0v) is 12.7. The Balaban J connectivity index is 2.80. The number of carbonyl (C=O) groups is 2. The third-order valence-electron chi connectivity index (χ3n) is 2.71. The third kappa shape index (κ3) is 3.54. The van der Waals surface area contributed by atoms with Crippen molar-refractivity contribution < 1.29 is 36.1 Å². The van der Waals surface area contributed by atoms with Crippen LogP contribution in [-0.4, -0.2) is 40.3 Å². The summed E-state index contributed by atoms with van der Waals surface area (Å²) in [5, 5.41) is 0. The van der Waals surface area contributed by atoms with Gasteiger partial charge in [-0.25, -0.2) is 14.0 Å². The monoisotopic (exact) mass is 343 g/mol. The second kappa shape index (κ2) is 6.16. The predicted molar refractivity (Wildman–Crippen MR) is 75.4 cm³/mol. The van der Waals surface area contributed by atoms with Crippen molar-refractivity contribution in [2.24, 2.45) is 4.40 Å². The van der Waals surface area contributed by atoms with Gasteiger partial charge < -0.3 is 13.7 Å². The molecule has 0 fully saturated rings. The molecule has 10 heteroatoms. The molecule has 23 heavy (non-hydrogen) atoms. The fourth-order valence-corrected chi connectivity index (χ4v) is 2.55. The largest absolute Gasteiger partial charge is 0.465 e. The second-order valence-electron chi connectivity index (χ2n) is 4.17. The van der Waals surface area contributed by atoms with Crippen LogP contribution in [0.15, 0.2) is 28.2 Å². The molecule has 122 valence electrons. The van der Waals surface area contributed by atoms with Gasteiger partial charge in [0.2, 0.25) is 0 Å². The van der Waals surface area contributed by atoms with Crippen molar-refractivity contribution in [3.63, 3.8) is 0 Å². The summed E-state index contributed by atoms with van der Waals surface area (Å²) in [6, 6.07) is 2.94. The third-order valence-corrected chi connectivity index (χ3v) is 3.51. The lowest BCUT2D eigenvalue weighted by atomic mass is 10.1. The Labute approximate surface area is 130 Å². The maximum absolute atomic E-state index is 13.4. The van der Waals surface area contributed by atoms with Crippen LogP contribution in [0.5, 0.6) is 5.75 Å². The van der Waals surface area contributed by atoms with Crippen LogP contribution >= 0.6 is 0 Å². The highest BCUT2D eigenvalue weighted by atomic mass is 32.2. The number of halogens is 1. The van der Waals surface area contributed by atoms with Gasteiger partial charge in [0.05, 0.1) is 19.8 Å². The van der Waals surface area contributed by atoms with Gasteiger partial charge in [0.25, 0.3) is 0 Å². The fourth-order valence-electron chi connectivity index (χ4n) is 1.73. The molecule has 0 spiro atoms. The zero-order chi connectivity index (χ0) is 17.2. The lowest BCUT2D eigenvalue weighted by Crippen LogP contribution is -2.27. The molecule has 0 unspecified atom stereocenters.